The topological polar surface area (TPSA) is 58.8 Å². The Balaban J connectivity index is 1.77. The van der Waals surface area contributed by atoms with Crippen molar-refractivity contribution in [2.75, 3.05) is 39.3 Å². The lowest BCUT2D eigenvalue weighted by Crippen LogP contribution is -2.50. The standard InChI is InChI=1S/C16H31N3O2/c1-14(16(20)19-9-4-2-3-5-10-19)18-11-6-15(7-12-18)21-13-8-17/h14-15H,2-13,17H2,1H3. The van der Waals surface area contributed by atoms with E-state index in [-0.39, 0.29) is 6.04 Å². The van der Waals surface area contributed by atoms with Crippen LogP contribution in [0.3, 0.4) is 0 Å². The average molecular weight is 297 g/mol. The molecular weight excluding hydrogens is 266 g/mol. The van der Waals surface area contributed by atoms with Gasteiger partial charge in [0.25, 0.3) is 0 Å². The van der Waals surface area contributed by atoms with E-state index in [2.05, 4.69) is 16.7 Å². The molecule has 1 unspecified atom stereocenters. The first kappa shape index (κ1) is 16.7. The molecular formula is C16H31N3O2. The molecule has 0 aromatic heterocycles. The fraction of sp³-hybridized carbons (Fsp3) is 0.938. The van der Waals surface area contributed by atoms with Gasteiger partial charge in [0.2, 0.25) is 5.91 Å². The fourth-order valence-corrected chi connectivity index (χ4v) is 3.38. The molecule has 5 nitrogen and oxygen atoms in total. The molecule has 2 N–H and O–H groups in total. The number of carbonyl (C=O) groups is 1. The maximum atomic E-state index is 12.6. The lowest BCUT2D eigenvalue weighted by molar-refractivity contribution is -0.137. The molecule has 0 aromatic rings. The smallest absolute Gasteiger partial charge is 0.239 e. The van der Waals surface area contributed by atoms with Crippen LogP contribution in [0.5, 0.6) is 0 Å². The van der Waals surface area contributed by atoms with Crippen molar-refractivity contribution in [2.45, 2.75) is 57.6 Å². The Kier molecular flexibility index (Phi) is 6.93. The van der Waals surface area contributed by atoms with E-state index < -0.39 is 0 Å². The van der Waals surface area contributed by atoms with E-state index in [1.165, 1.54) is 12.8 Å². The summed E-state index contributed by atoms with van der Waals surface area (Å²) < 4.78 is 5.71. The summed E-state index contributed by atoms with van der Waals surface area (Å²) >= 11 is 0. The van der Waals surface area contributed by atoms with Crippen LogP contribution in [0.25, 0.3) is 0 Å². The maximum Gasteiger partial charge on any atom is 0.239 e. The van der Waals surface area contributed by atoms with Crippen LogP contribution in [0.4, 0.5) is 0 Å². The minimum Gasteiger partial charge on any atom is -0.377 e. The lowest BCUT2D eigenvalue weighted by Gasteiger charge is -2.37. The minimum atomic E-state index is 0.0126. The summed E-state index contributed by atoms with van der Waals surface area (Å²) in [5.74, 6) is 0.318. The van der Waals surface area contributed by atoms with Crippen molar-refractivity contribution < 1.29 is 9.53 Å². The van der Waals surface area contributed by atoms with Gasteiger partial charge in [0, 0.05) is 32.7 Å². The molecule has 2 heterocycles. The van der Waals surface area contributed by atoms with Crippen molar-refractivity contribution in [3.63, 3.8) is 0 Å². The van der Waals surface area contributed by atoms with Crippen LogP contribution in [0.1, 0.15) is 45.4 Å². The molecule has 2 saturated heterocycles. The van der Waals surface area contributed by atoms with Gasteiger partial charge in [-0.1, -0.05) is 12.8 Å². The van der Waals surface area contributed by atoms with Crippen LogP contribution in [0.15, 0.2) is 0 Å². The molecule has 21 heavy (non-hydrogen) atoms. The van der Waals surface area contributed by atoms with Crippen LogP contribution in [-0.2, 0) is 9.53 Å². The van der Waals surface area contributed by atoms with Gasteiger partial charge in [0.1, 0.15) is 0 Å². The van der Waals surface area contributed by atoms with Crippen LogP contribution >= 0.6 is 0 Å². The van der Waals surface area contributed by atoms with Crippen LogP contribution < -0.4 is 5.73 Å². The first-order valence-electron chi connectivity index (χ1n) is 8.57. The molecule has 1 amide bonds. The third-order valence-electron chi connectivity index (χ3n) is 4.77. The van der Waals surface area contributed by atoms with Gasteiger partial charge in [0.15, 0.2) is 0 Å². The molecule has 0 aliphatic carbocycles. The Labute approximate surface area is 128 Å². The minimum absolute atomic E-state index is 0.0126. The van der Waals surface area contributed by atoms with Gasteiger partial charge in [0.05, 0.1) is 18.8 Å². The number of piperidine rings is 1. The summed E-state index contributed by atoms with van der Waals surface area (Å²) in [6.45, 7) is 7.09. The van der Waals surface area contributed by atoms with Gasteiger partial charge in [-0.2, -0.15) is 0 Å². The predicted molar refractivity (Wildman–Crippen MR) is 84.1 cm³/mol. The quantitative estimate of drug-likeness (QED) is 0.829. The van der Waals surface area contributed by atoms with E-state index in [1.54, 1.807) is 0 Å². The van der Waals surface area contributed by atoms with E-state index in [4.69, 9.17) is 10.5 Å². The van der Waals surface area contributed by atoms with E-state index in [9.17, 15) is 4.79 Å². The van der Waals surface area contributed by atoms with Crippen LogP contribution in [0, 0.1) is 0 Å². The third-order valence-corrected chi connectivity index (χ3v) is 4.77. The van der Waals surface area contributed by atoms with E-state index >= 15 is 0 Å². The first-order chi connectivity index (χ1) is 10.2. The summed E-state index contributed by atoms with van der Waals surface area (Å²) in [4.78, 5) is 17.0. The number of hydrogen-bond acceptors (Lipinski definition) is 4. The zero-order valence-corrected chi connectivity index (χ0v) is 13.4. The Bertz CT molecular complexity index is 309. The summed E-state index contributed by atoms with van der Waals surface area (Å²) in [7, 11) is 0. The number of nitrogens with two attached hydrogens (primary N) is 1. The zero-order valence-electron chi connectivity index (χ0n) is 13.4. The van der Waals surface area contributed by atoms with Crippen LogP contribution in [0.2, 0.25) is 0 Å². The number of nitrogens with zero attached hydrogens (tertiary/aromatic N) is 2. The van der Waals surface area contributed by atoms with Crippen molar-refractivity contribution in [3.8, 4) is 0 Å². The summed E-state index contributed by atoms with van der Waals surface area (Å²) in [6, 6.07) is 0.0126. The average Bonchev–Trinajstić information content (AvgIpc) is 2.81. The number of hydrogen-bond donors (Lipinski definition) is 1. The molecule has 2 fully saturated rings. The summed E-state index contributed by atoms with van der Waals surface area (Å²) in [6.07, 6.45) is 7.20. The van der Waals surface area contributed by atoms with Crippen molar-refractivity contribution in [2.24, 2.45) is 5.73 Å². The third kappa shape index (κ3) is 4.94. The SMILES string of the molecule is CC(C(=O)N1CCCCCC1)N1CCC(OCCN)CC1. The Morgan fingerprint density at radius 1 is 1.14 bits per heavy atom. The Morgan fingerprint density at radius 3 is 2.33 bits per heavy atom. The molecule has 1 atom stereocenters. The predicted octanol–water partition coefficient (Wildman–Crippen LogP) is 1.22. The maximum absolute atomic E-state index is 12.6. The molecule has 0 bridgehead atoms. The molecule has 2 aliphatic heterocycles. The second kappa shape index (κ2) is 8.71. The van der Waals surface area contributed by atoms with Crippen molar-refractivity contribution in [1.82, 2.24) is 9.80 Å². The van der Waals surface area contributed by atoms with E-state index in [0.717, 1.165) is 51.9 Å². The molecule has 0 saturated carbocycles. The number of ether oxygens (including phenoxy) is 1. The van der Waals surface area contributed by atoms with Crippen molar-refractivity contribution in [1.29, 1.82) is 0 Å². The van der Waals surface area contributed by atoms with Crippen molar-refractivity contribution >= 4 is 5.91 Å². The summed E-state index contributed by atoms with van der Waals surface area (Å²) in [5.41, 5.74) is 5.47. The second-order valence-corrected chi connectivity index (χ2v) is 6.31. The highest BCUT2D eigenvalue weighted by molar-refractivity contribution is 5.81. The lowest BCUT2D eigenvalue weighted by atomic mass is 10.1. The molecule has 2 aliphatic rings. The van der Waals surface area contributed by atoms with Crippen LogP contribution in [-0.4, -0.2) is 67.2 Å². The molecule has 5 heteroatoms. The van der Waals surface area contributed by atoms with Gasteiger partial charge in [-0.05, 0) is 32.6 Å². The van der Waals surface area contributed by atoms with Gasteiger partial charge in [-0.15, -0.1) is 0 Å². The fourth-order valence-electron chi connectivity index (χ4n) is 3.38. The number of carbonyl (C=O) groups excluding carboxylic acids is 1. The number of rotatable bonds is 5. The van der Waals surface area contributed by atoms with Gasteiger partial charge < -0.3 is 15.4 Å². The molecule has 122 valence electrons. The Morgan fingerprint density at radius 2 is 1.76 bits per heavy atom. The Hall–Kier alpha value is -0.650. The summed E-state index contributed by atoms with van der Waals surface area (Å²) in [5, 5.41) is 0. The number of likely N-dealkylation sites (tertiary alicyclic amines) is 2. The number of amides is 1. The highest BCUT2D eigenvalue weighted by Gasteiger charge is 2.29. The molecule has 2 rings (SSSR count). The molecule has 0 aromatic carbocycles. The van der Waals surface area contributed by atoms with Gasteiger partial charge >= 0.3 is 0 Å². The highest BCUT2D eigenvalue weighted by atomic mass is 16.5. The van der Waals surface area contributed by atoms with Crippen molar-refractivity contribution in [3.05, 3.63) is 0 Å². The largest absolute Gasteiger partial charge is 0.377 e. The van der Waals surface area contributed by atoms with Gasteiger partial charge in [-0.25, -0.2) is 0 Å². The second-order valence-electron chi connectivity index (χ2n) is 6.31. The van der Waals surface area contributed by atoms with E-state index in [1.807, 2.05) is 0 Å². The molecule has 0 radical (unpaired) electrons. The zero-order chi connectivity index (χ0) is 15.1. The normalized spacial score (nSPS) is 23.8. The monoisotopic (exact) mass is 297 g/mol. The first-order valence-corrected chi connectivity index (χ1v) is 8.57. The molecule has 0 spiro atoms. The van der Waals surface area contributed by atoms with E-state index in [0.29, 0.717) is 25.2 Å². The highest BCUT2D eigenvalue weighted by Crippen LogP contribution is 2.18. The van der Waals surface area contributed by atoms with Gasteiger partial charge in [-0.3, -0.25) is 9.69 Å².